The molecule has 2 rings (SSSR count). The second-order valence-electron chi connectivity index (χ2n) is 4.92. The van der Waals surface area contributed by atoms with Crippen LogP contribution in [-0.2, 0) is 6.54 Å². The predicted molar refractivity (Wildman–Crippen MR) is 70.1 cm³/mol. The standard InChI is InChI=1S/C12H21N3S/c1-9(2)8-15(10-4-5-10)12-14-7-11(16-12)6-13-3/h7,9-10,13H,4-6,8H2,1-3H3. The molecule has 0 bridgehead atoms. The zero-order chi connectivity index (χ0) is 11.5. The molecular formula is C12H21N3S. The first-order valence-electron chi connectivity index (χ1n) is 6.06. The van der Waals surface area contributed by atoms with E-state index < -0.39 is 0 Å². The summed E-state index contributed by atoms with van der Waals surface area (Å²) in [6.45, 7) is 6.62. The van der Waals surface area contributed by atoms with Gasteiger partial charge in [-0.1, -0.05) is 13.8 Å². The van der Waals surface area contributed by atoms with Gasteiger partial charge in [-0.2, -0.15) is 0 Å². The van der Waals surface area contributed by atoms with E-state index in [0.29, 0.717) is 5.92 Å². The molecule has 0 spiro atoms. The average molecular weight is 239 g/mol. The van der Waals surface area contributed by atoms with Crippen LogP contribution in [0.15, 0.2) is 6.20 Å². The van der Waals surface area contributed by atoms with Crippen molar-refractivity contribution in [1.29, 1.82) is 0 Å². The van der Waals surface area contributed by atoms with E-state index in [2.05, 4.69) is 29.0 Å². The molecule has 0 unspecified atom stereocenters. The second-order valence-corrected chi connectivity index (χ2v) is 6.01. The fraction of sp³-hybridized carbons (Fsp3) is 0.750. The highest BCUT2D eigenvalue weighted by Crippen LogP contribution is 2.34. The molecule has 1 N–H and O–H groups in total. The van der Waals surface area contributed by atoms with Crippen molar-refractivity contribution in [3.05, 3.63) is 11.1 Å². The van der Waals surface area contributed by atoms with Gasteiger partial charge in [-0.05, 0) is 25.8 Å². The summed E-state index contributed by atoms with van der Waals surface area (Å²) in [7, 11) is 1.98. The summed E-state index contributed by atoms with van der Waals surface area (Å²) in [5.74, 6) is 0.706. The number of hydrogen-bond donors (Lipinski definition) is 1. The maximum Gasteiger partial charge on any atom is 0.185 e. The first kappa shape index (κ1) is 11.9. The van der Waals surface area contributed by atoms with Gasteiger partial charge in [0.05, 0.1) is 0 Å². The third kappa shape index (κ3) is 2.95. The summed E-state index contributed by atoms with van der Waals surface area (Å²) in [6, 6.07) is 0.760. The molecule has 3 nitrogen and oxygen atoms in total. The largest absolute Gasteiger partial charge is 0.345 e. The van der Waals surface area contributed by atoms with E-state index in [0.717, 1.165) is 19.1 Å². The van der Waals surface area contributed by atoms with Crippen LogP contribution >= 0.6 is 11.3 Å². The van der Waals surface area contributed by atoms with Crippen LogP contribution in [0.2, 0.25) is 0 Å². The van der Waals surface area contributed by atoms with E-state index in [4.69, 9.17) is 0 Å². The van der Waals surface area contributed by atoms with Crippen LogP contribution in [0.4, 0.5) is 5.13 Å². The molecule has 90 valence electrons. The molecule has 0 radical (unpaired) electrons. The lowest BCUT2D eigenvalue weighted by atomic mass is 10.2. The number of thiazole rings is 1. The van der Waals surface area contributed by atoms with Gasteiger partial charge in [0.15, 0.2) is 5.13 Å². The smallest absolute Gasteiger partial charge is 0.185 e. The molecule has 1 fully saturated rings. The van der Waals surface area contributed by atoms with Gasteiger partial charge in [0.25, 0.3) is 0 Å². The normalized spacial score (nSPS) is 15.8. The Kier molecular flexibility index (Phi) is 3.82. The summed E-state index contributed by atoms with van der Waals surface area (Å²) in [6.07, 6.45) is 4.69. The van der Waals surface area contributed by atoms with Crippen LogP contribution in [0.3, 0.4) is 0 Å². The predicted octanol–water partition coefficient (Wildman–Crippen LogP) is 2.49. The zero-order valence-electron chi connectivity index (χ0n) is 10.4. The van der Waals surface area contributed by atoms with Crippen LogP contribution in [0.1, 0.15) is 31.6 Å². The van der Waals surface area contributed by atoms with E-state index in [-0.39, 0.29) is 0 Å². The summed E-state index contributed by atoms with van der Waals surface area (Å²) in [4.78, 5) is 8.37. The van der Waals surface area contributed by atoms with E-state index in [1.807, 2.05) is 24.6 Å². The van der Waals surface area contributed by atoms with Gasteiger partial charge >= 0.3 is 0 Å². The molecule has 0 saturated heterocycles. The number of rotatable bonds is 6. The number of anilines is 1. The minimum Gasteiger partial charge on any atom is -0.345 e. The fourth-order valence-corrected chi connectivity index (χ4v) is 2.85. The van der Waals surface area contributed by atoms with Crippen LogP contribution in [0.25, 0.3) is 0 Å². The zero-order valence-corrected chi connectivity index (χ0v) is 11.2. The highest BCUT2D eigenvalue weighted by atomic mass is 32.1. The molecular weight excluding hydrogens is 218 g/mol. The topological polar surface area (TPSA) is 28.2 Å². The quantitative estimate of drug-likeness (QED) is 0.826. The Balaban J connectivity index is 2.05. The highest BCUT2D eigenvalue weighted by Gasteiger charge is 2.31. The van der Waals surface area contributed by atoms with Gasteiger partial charge in [-0.3, -0.25) is 0 Å². The van der Waals surface area contributed by atoms with E-state index in [1.165, 1.54) is 22.9 Å². The molecule has 0 amide bonds. The van der Waals surface area contributed by atoms with Gasteiger partial charge < -0.3 is 10.2 Å². The third-order valence-corrected chi connectivity index (χ3v) is 3.72. The van der Waals surface area contributed by atoms with Crippen molar-refractivity contribution in [3.8, 4) is 0 Å². The lowest BCUT2D eigenvalue weighted by Gasteiger charge is -2.23. The summed E-state index contributed by atoms with van der Waals surface area (Å²) in [5.41, 5.74) is 0. The third-order valence-electron chi connectivity index (χ3n) is 2.69. The van der Waals surface area contributed by atoms with Gasteiger partial charge in [-0.15, -0.1) is 11.3 Å². The van der Waals surface area contributed by atoms with Crippen LogP contribution < -0.4 is 10.2 Å². The lowest BCUT2D eigenvalue weighted by Crippen LogP contribution is -2.29. The molecule has 1 saturated carbocycles. The van der Waals surface area contributed by atoms with E-state index in [9.17, 15) is 0 Å². The summed E-state index contributed by atoms with van der Waals surface area (Å²) >= 11 is 1.83. The summed E-state index contributed by atoms with van der Waals surface area (Å²) in [5, 5.41) is 4.38. The van der Waals surface area contributed by atoms with Gasteiger partial charge in [0, 0.05) is 30.2 Å². The molecule has 1 aromatic rings. The second kappa shape index (κ2) is 5.15. The number of nitrogens with zero attached hydrogens (tertiary/aromatic N) is 2. The molecule has 0 atom stereocenters. The maximum atomic E-state index is 4.55. The SMILES string of the molecule is CNCc1cnc(N(CC(C)C)C2CC2)s1. The molecule has 0 aromatic carbocycles. The number of nitrogens with one attached hydrogen (secondary N) is 1. The van der Waals surface area contributed by atoms with Crippen LogP contribution in [0.5, 0.6) is 0 Å². The first-order valence-corrected chi connectivity index (χ1v) is 6.88. The summed E-state index contributed by atoms with van der Waals surface area (Å²) < 4.78 is 0. The molecule has 1 aliphatic rings. The Morgan fingerprint density at radius 3 is 2.88 bits per heavy atom. The van der Waals surface area contributed by atoms with Crippen LogP contribution in [0, 0.1) is 5.92 Å². The molecule has 0 aliphatic heterocycles. The van der Waals surface area contributed by atoms with Crippen molar-refractivity contribution in [2.24, 2.45) is 5.92 Å². The minimum absolute atomic E-state index is 0.706. The first-order chi connectivity index (χ1) is 7.70. The molecule has 1 aliphatic carbocycles. The van der Waals surface area contributed by atoms with Gasteiger partial charge in [-0.25, -0.2) is 4.98 Å². The number of hydrogen-bond acceptors (Lipinski definition) is 4. The van der Waals surface area contributed by atoms with Crippen molar-refractivity contribution in [2.75, 3.05) is 18.5 Å². The Hall–Kier alpha value is -0.610. The van der Waals surface area contributed by atoms with Crippen molar-refractivity contribution in [1.82, 2.24) is 10.3 Å². The Morgan fingerprint density at radius 2 is 2.31 bits per heavy atom. The maximum absolute atomic E-state index is 4.55. The van der Waals surface area contributed by atoms with Crippen molar-refractivity contribution < 1.29 is 0 Å². The lowest BCUT2D eigenvalue weighted by molar-refractivity contribution is 0.606. The Bertz CT molecular complexity index is 331. The fourth-order valence-electron chi connectivity index (χ4n) is 1.85. The van der Waals surface area contributed by atoms with E-state index in [1.54, 1.807) is 0 Å². The van der Waals surface area contributed by atoms with Gasteiger partial charge in [0.1, 0.15) is 0 Å². The Labute approximate surface area is 102 Å². The van der Waals surface area contributed by atoms with Crippen LogP contribution in [-0.4, -0.2) is 24.6 Å². The Morgan fingerprint density at radius 1 is 1.56 bits per heavy atom. The number of aromatic nitrogens is 1. The molecule has 4 heteroatoms. The van der Waals surface area contributed by atoms with Gasteiger partial charge in [0.2, 0.25) is 0 Å². The van der Waals surface area contributed by atoms with E-state index >= 15 is 0 Å². The highest BCUT2D eigenvalue weighted by molar-refractivity contribution is 7.15. The minimum atomic E-state index is 0.706. The molecule has 1 aromatic heterocycles. The van der Waals surface area contributed by atoms with Crippen molar-refractivity contribution in [2.45, 2.75) is 39.3 Å². The molecule has 16 heavy (non-hydrogen) atoms. The molecule has 1 heterocycles. The average Bonchev–Trinajstić information content (AvgIpc) is 2.96. The van der Waals surface area contributed by atoms with Crippen molar-refractivity contribution in [3.63, 3.8) is 0 Å². The monoisotopic (exact) mass is 239 g/mol. The van der Waals surface area contributed by atoms with Crippen molar-refractivity contribution >= 4 is 16.5 Å².